The Kier molecular flexibility index (Phi) is 4.79. The third-order valence-electron chi connectivity index (χ3n) is 3.64. The zero-order chi connectivity index (χ0) is 17.8. The Morgan fingerprint density at radius 3 is 2.60 bits per heavy atom. The zero-order valence-electron chi connectivity index (χ0n) is 14.1. The van der Waals surface area contributed by atoms with Crippen LogP contribution in [0.1, 0.15) is 19.4 Å². The normalized spacial score (nSPS) is 10.6. The summed E-state index contributed by atoms with van der Waals surface area (Å²) in [6.45, 7) is 3.95. The first-order chi connectivity index (χ1) is 12.1. The summed E-state index contributed by atoms with van der Waals surface area (Å²) in [6, 6.07) is 12.8. The molecule has 0 aliphatic rings. The third-order valence-corrected chi connectivity index (χ3v) is 3.64. The maximum absolute atomic E-state index is 12.8. The van der Waals surface area contributed by atoms with Crippen LogP contribution in [0.5, 0.6) is 11.5 Å². The van der Waals surface area contributed by atoms with Crippen LogP contribution >= 0.6 is 0 Å². The molecule has 128 valence electrons. The number of benzene rings is 2. The van der Waals surface area contributed by atoms with Crippen molar-refractivity contribution < 1.29 is 14.3 Å². The van der Waals surface area contributed by atoms with Crippen LogP contribution in [-0.4, -0.2) is 22.1 Å². The summed E-state index contributed by atoms with van der Waals surface area (Å²) in [6.07, 6.45) is 1.51. The highest BCUT2D eigenvalue weighted by atomic mass is 16.6. The van der Waals surface area contributed by atoms with Crippen LogP contribution in [0.2, 0.25) is 0 Å². The van der Waals surface area contributed by atoms with Gasteiger partial charge in [0, 0.05) is 13.0 Å². The topological polar surface area (TPSA) is 70.4 Å². The van der Waals surface area contributed by atoms with Crippen molar-refractivity contribution >= 4 is 16.9 Å². The molecule has 6 heteroatoms. The molecule has 0 amide bonds. The maximum atomic E-state index is 12.8. The van der Waals surface area contributed by atoms with E-state index in [9.17, 15) is 9.59 Å². The van der Waals surface area contributed by atoms with Gasteiger partial charge < -0.3 is 9.47 Å². The van der Waals surface area contributed by atoms with E-state index in [-0.39, 0.29) is 11.3 Å². The van der Waals surface area contributed by atoms with Gasteiger partial charge in [0.25, 0.3) is 5.56 Å². The van der Waals surface area contributed by atoms with Gasteiger partial charge in [-0.15, -0.1) is 0 Å². The Labute approximate surface area is 144 Å². The SMILES string of the molecule is CCOc1cc2ncn(Cc3ccccc3)c(=O)c2cc1OC(C)=O. The Balaban J connectivity index is 2.09. The molecule has 0 aliphatic heterocycles. The van der Waals surface area contributed by atoms with Gasteiger partial charge in [0.05, 0.1) is 30.4 Å². The first kappa shape index (κ1) is 16.7. The molecule has 0 spiro atoms. The lowest BCUT2D eigenvalue weighted by Crippen LogP contribution is -2.21. The second-order valence-corrected chi connectivity index (χ2v) is 5.51. The van der Waals surface area contributed by atoms with Crippen molar-refractivity contribution in [2.24, 2.45) is 0 Å². The molecule has 0 saturated carbocycles. The van der Waals surface area contributed by atoms with Gasteiger partial charge in [0.15, 0.2) is 11.5 Å². The van der Waals surface area contributed by atoms with Crippen LogP contribution in [0.4, 0.5) is 0 Å². The second-order valence-electron chi connectivity index (χ2n) is 5.51. The number of ether oxygens (including phenoxy) is 2. The molecule has 1 aromatic heterocycles. The van der Waals surface area contributed by atoms with Crippen molar-refractivity contribution in [3.05, 3.63) is 64.7 Å². The number of carbonyl (C=O) groups excluding carboxylic acids is 1. The highest BCUT2D eigenvalue weighted by Crippen LogP contribution is 2.30. The van der Waals surface area contributed by atoms with Crippen LogP contribution in [0.15, 0.2) is 53.6 Å². The van der Waals surface area contributed by atoms with E-state index in [1.807, 2.05) is 37.3 Å². The quantitative estimate of drug-likeness (QED) is 0.528. The maximum Gasteiger partial charge on any atom is 0.308 e. The third kappa shape index (κ3) is 3.68. The van der Waals surface area contributed by atoms with E-state index in [4.69, 9.17) is 9.47 Å². The van der Waals surface area contributed by atoms with Crippen molar-refractivity contribution in [1.29, 1.82) is 0 Å². The molecule has 0 radical (unpaired) electrons. The predicted molar refractivity (Wildman–Crippen MR) is 94.0 cm³/mol. The minimum absolute atomic E-state index is 0.203. The van der Waals surface area contributed by atoms with E-state index in [1.165, 1.54) is 23.9 Å². The van der Waals surface area contributed by atoms with E-state index in [1.54, 1.807) is 6.07 Å². The lowest BCUT2D eigenvalue weighted by atomic mass is 10.2. The Hall–Kier alpha value is -3.15. The van der Waals surface area contributed by atoms with Crippen LogP contribution in [0.3, 0.4) is 0 Å². The van der Waals surface area contributed by atoms with Crippen molar-refractivity contribution in [2.75, 3.05) is 6.61 Å². The van der Waals surface area contributed by atoms with Gasteiger partial charge in [-0.2, -0.15) is 0 Å². The lowest BCUT2D eigenvalue weighted by Gasteiger charge is -2.12. The molecule has 2 aromatic carbocycles. The molecule has 0 bridgehead atoms. The van der Waals surface area contributed by atoms with E-state index in [0.717, 1.165) is 5.56 Å². The number of carbonyl (C=O) groups is 1. The first-order valence-corrected chi connectivity index (χ1v) is 7.97. The van der Waals surface area contributed by atoms with Crippen molar-refractivity contribution in [3.8, 4) is 11.5 Å². The highest BCUT2D eigenvalue weighted by Gasteiger charge is 2.13. The van der Waals surface area contributed by atoms with Crippen molar-refractivity contribution in [1.82, 2.24) is 9.55 Å². The number of nitrogens with zero attached hydrogens (tertiary/aromatic N) is 2. The highest BCUT2D eigenvalue weighted by molar-refractivity contribution is 5.83. The summed E-state index contributed by atoms with van der Waals surface area (Å²) in [4.78, 5) is 28.4. The molecule has 0 fully saturated rings. The average Bonchev–Trinajstić information content (AvgIpc) is 2.59. The van der Waals surface area contributed by atoms with Gasteiger partial charge in [-0.05, 0) is 18.6 Å². The van der Waals surface area contributed by atoms with E-state index < -0.39 is 5.97 Å². The van der Waals surface area contributed by atoms with Crippen LogP contribution < -0.4 is 15.0 Å². The van der Waals surface area contributed by atoms with E-state index >= 15 is 0 Å². The minimum atomic E-state index is -0.478. The number of hydrogen-bond donors (Lipinski definition) is 0. The number of hydrogen-bond acceptors (Lipinski definition) is 5. The molecular formula is C19H18N2O4. The molecule has 1 heterocycles. The Morgan fingerprint density at radius 2 is 1.92 bits per heavy atom. The summed E-state index contributed by atoms with van der Waals surface area (Å²) in [5.74, 6) is 0.130. The largest absolute Gasteiger partial charge is 0.490 e. The average molecular weight is 338 g/mol. The molecule has 6 nitrogen and oxygen atoms in total. The van der Waals surface area contributed by atoms with Crippen molar-refractivity contribution in [2.45, 2.75) is 20.4 Å². The summed E-state index contributed by atoms with van der Waals surface area (Å²) in [5.41, 5.74) is 1.29. The second kappa shape index (κ2) is 7.17. The number of aromatic nitrogens is 2. The van der Waals surface area contributed by atoms with Gasteiger partial charge in [-0.25, -0.2) is 4.98 Å². The summed E-state index contributed by atoms with van der Waals surface area (Å²) in [7, 11) is 0. The summed E-state index contributed by atoms with van der Waals surface area (Å²) >= 11 is 0. The minimum Gasteiger partial charge on any atom is -0.490 e. The fourth-order valence-corrected chi connectivity index (χ4v) is 2.56. The zero-order valence-corrected chi connectivity index (χ0v) is 14.1. The molecular weight excluding hydrogens is 320 g/mol. The van der Waals surface area contributed by atoms with Crippen LogP contribution in [0, 0.1) is 0 Å². The first-order valence-electron chi connectivity index (χ1n) is 7.97. The van der Waals surface area contributed by atoms with E-state index in [0.29, 0.717) is 29.8 Å². The predicted octanol–water partition coefficient (Wildman–Crippen LogP) is 2.77. The number of rotatable bonds is 5. The fraction of sp³-hybridized carbons (Fsp3) is 0.211. The van der Waals surface area contributed by atoms with Gasteiger partial charge in [-0.1, -0.05) is 30.3 Å². The van der Waals surface area contributed by atoms with Crippen LogP contribution in [-0.2, 0) is 11.3 Å². The van der Waals surface area contributed by atoms with Gasteiger partial charge in [-0.3, -0.25) is 14.2 Å². The van der Waals surface area contributed by atoms with Gasteiger partial charge >= 0.3 is 5.97 Å². The van der Waals surface area contributed by atoms with E-state index in [2.05, 4.69) is 4.98 Å². The molecule has 25 heavy (non-hydrogen) atoms. The van der Waals surface area contributed by atoms with Gasteiger partial charge in [0.2, 0.25) is 0 Å². The molecule has 3 aromatic rings. The fourth-order valence-electron chi connectivity index (χ4n) is 2.56. The molecule has 0 atom stereocenters. The number of fused-ring (bicyclic) bond motifs is 1. The lowest BCUT2D eigenvalue weighted by molar-refractivity contribution is -0.132. The Morgan fingerprint density at radius 1 is 1.16 bits per heavy atom. The Bertz CT molecular complexity index is 964. The summed E-state index contributed by atoms with van der Waals surface area (Å²) < 4.78 is 12.2. The molecule has 0 N–H and O–H groups in total. The van der Waals surface area contributed by atoms with Crippen LogP contribution in [0.25, 0.3) is 10.9 Å². The monoisotopic (exact) mass is 338 g/mol. The van der Waals surface area contributed by atoms with Crippen molar-refractivity contribution in [3.63, 3.8) is 0 Å². The molecule has 3 rings (SSSR count). The standard InChI is InChI=1S/C19H18N2O4/c1-3-24-17-10-16-15(9-18(17)25-13(2)22)19(23)21(12-20-16)11-14-7-5-4-6-8-14/h4-10,12H,3,11H2,1-2H3. The molecule has 0 saturated heterocycles. The number of esters is 1. The smallest absolute Gasteiger partial charge is 0.308 e. The molecule has 0 aliphatic carbocycles. The summed E-state index contributed by atoms with van der Waals surface area (Å²) in [5, 5.41) is 0.373. The van der Waals surface area contributed by atoms with Gasteiger partial charge in [0.1, 0.15) is 0 Å². The molecule has 0 unspecified atom stereocenters.